The number of hydrogen-bond acceptors (Lipinski definition) is 4. The molecule has 0 radical (unpaired) electrons. The largest absolute Gasteiger partial charge is 0.478 e. The van der Waals surface area contributed by atoms with Gasteiger partial charge >= 0.3 is 5.97 Å². The van der Waals surface area contributed by atoms with Crippen LogP contribution in [0.5, 0.6) is 0 Å². The molecule has 0 aromatic heterocycles. The lowest BCUT2D eigenvalue weighted by atomic mass is 10.2. The fraction of sp³-hybridized carbons (Fsp3) is 0.364. The Morgan fingerprint density at radius 3 is 2.65 bits per heavy atom. The zero-order chi connectivity index (χ0) is 15.5. The van der Waals surface area contributed by atoms with Crippen molar-refractivity contribution in [3.63, 3.8) is 0 Å². The molecule has 5 nitrogen and oxygen atoms in total. The van der Waals surface area contributed by atoms with Crippen molar-refractivity contribution in [2.45, 2.75) is 17.9 Å². The average Bonchev–Trinajstić information content (AvgIpc) is 2.31. The van der Waals surface area contributed by atoms with E-state index in [-0.39, 0.29) is 26.0 Å². The second-order valence-corrected chi connectivity index (χ2v) is 7.91. The topological polar surface area (TPSA) is 83.5 Å². The Morgan fingerprint density at radius 1 is 1.55 bits per heavy atom. The number of rotatable bonds is 6. The molecule has 0 bridgehead atoms. The molecular formula is C11H13BrClNO4S2. The van der Waals surface area contributed by atoms with Crippen LogP contribution in [0, 0.1) is 0 Å². The summed E-state index contributed by atoms with van der Waals surface area (Å²) in [6.07, 6.45) is 1.87. The second kappa shape index (κ2) is 7.13. The minimum Gasteiger partial charge on any atom is -0.478 e. The predicted molar refractivity (Wildman–Crippen MR) is 84.3 cm³/mol. The number of hydrogen-bond donors (Lipinski definition) is 2. The summed E-state index contributed by atoms with van der Waals surface area (Å²) in [5, 5.41) is 8.99. The molecule has 20 heavy (non-hydrogen) atoms. The number of carboxylic acid groups (broad SMARTS) is 1. The van der Waals surface area contributed by atoms with Crippen LogP contribution in [0.15, 0.2) is 21.5 Å². The number of carboxylic acids is 1. The maximum absolute atomic E-state index is 12.2. The van der Waals surface area contributed by atoms with Crippen LogP contribution in [0.3, 0.4) is 0 Å². The number of carbonyl (C=O) groups is 1. The first-order valence-corrected chi connectivity index (χ1v) is 9.47. The summed E-state index contributed by atoms with van der Waals surface area (Å²) in [4.78, 5) is 10.9. The molecule has 0 amide bonds. The predicted octanol–water partition coefficient (Wildman–Crippen LogP) is 2.83. The molecular weight excluding hydrogens is 390 g/mol. The molecule has 0 heterocycles. The zero-order valence-corrected chi connectivity index (χ0v) is 14.7. The summed E-state index contributed by atoms with van der Waals surface area (Å²) in [6, 6.07) is 2.06. The van der Waals surface area contributed by atoms with E-state index in [1.165, 1.54) is 17.8 Å². The molecule has 9 heteroatoms. The summed E-state index contributed by atoms with van der Waals surface area (Å²) in [7, 11) is -3.79. The van der Waals surface area contributed by atoms with Crippen LogP contribution in [-0.4, -0.2) is 37.5 Å². The van der Waals surface area contributed by atoms with Crippen LogP contribution in [0.25, 0.3) is 0 Å². The van der Waals surface area contributed by atoms with E-state index < -0.39 is 16.0 Å². The maximum atomic E-state index is 12.2. The molecule has 0 spiro atoms. The lowest BCUT2D eigenvalue weighted by Crippen LogP contribution is -2.34. The normalized spacial score (nSPS) is 13.2. The number of sulfonamides is 1. The first kappa shape index (κ1) is 17.8. The average molecular weight is 403 g/mol. The van der Waals surface area contributed by atoms with Gasteiger partial charge in [0.1, 0.15) is 0 Å². The van der Waals surface area contributed by atoms with Gasteiger partial charge in [-0.1, -0.05) is 11.6 Å². The summed E-state index contributed by atoms with van der Waals surface area (Å²) in [6.45, 7) is 1.73. The second-order valence-electron chi connectivity index (χ2n) is 4.05. The quantitative estimate of drug-likeness (QED) is 0.764. The van der Waals surface area contributed by atoms with Crippen LogP contribution in [0.2, 0.25) is 5.02 Å². The van der Waals surface area contributed by atoms with Crippen molar-refractivity contribution in [3.05, 3.63) is 27.2 Å². The summed E-state index contributed by atoms with van der Waals surface area (Å²) < 4.78 is 27.1. The van der Waals surface area contributed by atoms with Gasteiger partial charge in [0, 0.05) is 16.3 Å². The van der Waals surface area contributed by atoms with E-state index in [0.717, 1.165) is 6.07 Å². The van der Waals surface area contributed by atoms with Gasteiger partial charge in [0.15, 0.2) is 0 Å². The Kier molecular flexibility index (Phi) is 6.33. The third-order valence-electron chi connectivity index (χ3n) is 2.32. The lowest BCUT2D eigenvalue weighted by Gasteiger charge is -2.14. The summed E-state index contributed by atoms with van der Waals surface area (Å²) in [5.74, 6) is -0.676. The molecule has 0 aliphatic carbocycles. The molecule has 0 aliphatic heterocycles. The van der Waals surface area contributed by atoms with Gasteiger partial charge < -0.3 is 5.11 Å². The molecule has 0 saturated heterocycles. The van der Waals surface area contributed by atoms with Crippen molar-refractivity contribution in [3.8, 4) is 0 Å². The van der Waals surface area contributed by atoms with Crippen molar-refractivity contribution in [2.75, 3.05) is 12.0 Å². The Morgan fingerprint density at radius 2 is 2.15 bits per heavy atom. The monoisotopic (exact) mass is 401 g/mol. The number of aromatic carboxylic acids is 1. The van der Waals surface area contributed by atoms with Gasteiger partial charge in [0.05, 0.1) is 15.5 Å². The van der Waals surface area contributed by atoms with Gasteiger partial charge in [0.2, 0.25) is 10.0 Å². The van der Waals surface area contributed by atoms with Gasteiger partial charge in [-0.2, -0.15) is 11.8 Å². The van der Waals surface area contributed by atoms with Crippen molar-refractivity contribution in [1.82, 2.24) is 4.72 Å². The van der Waals surface area contributed by atoms with Crippen molar-refractivity contribution in [2.24, 2.45) is 0 Å². The number of thioether (sulfide) groups is 1. The van der Waals surface area contributed by atoms with E-state index in [4.69, 9.17) is 16.7 Å². The Labute approximate surface area is 135 Å². The first-order chi connectivity index (χ1) is 9.19. The smallest absolute Gasteiger partial charge is 0.337 e. The highest BCUT2D eigenvalue weighted by Crippen LogP contribution is 2.30. The van der Waals surface area contributed by atoms with Gasteiger partial charge in [-0.05, 0) is 41.2 Å². The molecule has 1 rings (SSSR count). The molecule has 0 aliphatic rings. The van der Waals surface area contributed by atoms with Crippen molar-refractivity contribution in [1.29, 1.82) is 0 Å². The van der Waals surface area contributed by atoms with Crippen molar-refractivity contribution < 1.29 is 18.3 Å². The van der Waals surface area contributed by atoms with E-state index in [0.29, 0.717) is 5.75 Å². The molecule has 1 aromatic carbocycles. The summed E-state index contributed by atoms with van der Waals surface area (Å²) >= 11 is 10.4. The van der Waals surface area contributed by atoms with Crippen LogP contribution in [0.4, 0.5) is 0 Å². The Balaban J connectivity index is 3.22. The van der Waals surface area contributed by atoms with E-state index >= 15 is 0 Å². The minimum atomic E-state index is -3.79. The number of nitrogens with one attached hydrogen (secondary N) is 1. The summed E-state index contributed by atoms with van der Waals surface area (Å²) in [5.41, 5.74) is -0.265. The molecule has 1 unspecified atom stereocenters. The van der Waals surface area contributed by atoms with Gasteiger partial charge in [0.25, 0.3) is 0 Å². The minimum absolute atomic E-state index is 0.0337. The Hall–Kier alpha value is -0.280. The van der Waals surface area contributed by atoms with Gasteiger partial charge in [-0.3, -0.25) is 0 Å². The van der Waals surface area contributed by atoms with Gasteiger partial charge in [-0.15, -0.1) is 0 Å². The fourth-order valence-electron chi connectivity index (χ4n) is 1.49. The van der Waals surface area contributed by atoms with Crippen LogP contribution in [-0.2, 0) is 10.0 Å². The highest BCUT2D eigenvalue weighted by molar-refractivity contribution is 9.10. The standard InChI is InChI=1S/C11H13BrClNO4S2/c1-6(5-19-2)14-20(17,18)7-3-8(11(15)16)10(13)9(12)4-7/h3-4,6,14H,5H2,1-2H3,(H,15,16). The van der Waals surface area contributed by atoms with E-state index in [1.807, 2.05) is 6.26 Å². The third-order valence-corrected chi connectivity index (χ3v) is 5.98. The van der Waals surface area contributed by atoms with Crippen LogP contribution in [0.1, 0.15) is 17.3 Å². The molecule has 1 aromatic rings. The van der Waals surface area contributed by atoms with Gasteiger partial charge in [-0.25, -0.2) is 17.9 Å². The number of benzene rings is 1. The number of halogens is 2. The van der Waals surface area contributed by atoms with Crippen LogP contribution < -0.4 is 4.72 Å². The highest BCUT2D eigenvalue weighted by atomic mass is 79.9. The zero-order valence-electron chi connectivity index (χ0n) is 10.7. The lowest BCUT2D eigenvalue weighted by molar-refractivity contribution is 0.0696. The van der Waals surface area contributed by atoms with E-state index in [2.05, 4.69) is 20.7 Å². The SMILES string of the molecule is CSCC(C)NS(=O)(=O)c1cc(Br)c(Cl)c(C(=O)O)c1. The van der Waals surface area contributed by atoms with E-state index in [1.54, 1.807) is 6.92 Å². The molecule has 2 N–H and O–H groups in total. The highest BCUT2D eigenvalue weighted by Gasteiger charge is 2.22. The molecule has 112 valence electrons. The van der Waals surface area contributed by atoms with E-state index in [9.17, 15) is 13.2 Å². The maximum Gasteiger partial charge on any atom is 0.337 e. The first-order valence-electron chi connectivity index (χ1n) is 5.42. The molecule has 0 saturated carbocycles. The third kappa shape index (κ3) is 4.36. The Bertz CT molecular complexity index is 621. The molecule has 0 fully saturated rings. The fourth-order valence-corrected chi connectivity index (χ4v) is 4.28. The molecule has 1 atom stereocenters. The van der Waals surface area contributed by atoms with Crippen LogP contribution >= 0.6 is 39.3 Å². The van der Waals surface area contributed by atoms with Crippen molar-refractivity contribution >= 4 is 55.3 Å².